The fourth-order valence-electron chi connectivity index (χ4n) is 1.36. The van der Waals surface area contributed by atoms with Gasteiger partial charge in [-0.05, 0) is 25.5 Å². The van der Waals surface area contributed by atoms with Gasteiger partial charge in [0.2, 0.25) is 0 Å². The Hall–Kier alpha value is -0.720. The van der Waals surface area contributed by atoms with E-state index in [0.29, 0.717) is 6.42 Å². The highest BCUT2D eigenvalue weighted by molar-refractivity contribution is 7.91. The summed E-state index contributed by atoms with van der Waals surface area (Å²) in [6.07, 6.45) is 1.14. The van der Waals surface area contributed by atoms with Crippen LogP contribution in [0.3, 0.4) is 0 Å². The van der Waals surface area contributed by atoms with Gasteiger partial charge in [-0.1, -0.05) is 13.8 Å². The van der Waals surface area contributed by atoms with Gasteiger partial charge in [-0.25, -0.2) is 13.1 Å². The van der Waals surface area contributed by atoms with Crippen molar-refractivity contribution in [3.05, 3.63) is 17.0 Å². The molecule has 17 heavy (non-hydrogen) atoms. The van der Waals surface area contributed by atoms with Gasteiger partial charge < -0.3 is 0 Å². The molecule has 1 atom stereocenters. The zero-order chi connectivity index (χ0) is 13.1. The van der Waals surface area contributed by atoms with Crippen LogP contribution in [0, 0.1) is 0 Å². The van der Waals surface area contributed by atoms with Crippen molar-refractivity contribution in [1.29, 1.82) is 0 Å². The average Bonchev–Trinajstić information content (AvgIpc) is 2.76. The molecule has 0 aliphatic heterocycles. The van der Waals surface area contributed by atoms with Gasteiger partial charge in [0.05, 0.1) is 6.04 Å². The van der Waals surface area contributed by atoms with Gasteiger partial charge in [0.15, 0.2) is 0 Å². The zero-order valence-corrected chi connectivity index (χ0v) is 11.8. The van der Waals surface area contributed by atoms with Crippen molar-refractivity contribution in [1.82, 2.24) is 4.72 Å². The van der Waals surface area contributed by atoms with E-state index in [1.54, 1.807) is 26.0 Å². The van der Waals surface area contributed by atoms with Crippen LogP contribution in [0.1, 0.15) is 32.1 Å². The van der Waals surface area contributed by atoms with E-state index in [4.69, 9.17) is 0 Å². The molecule has 0 amide bonds. The Morgan fingerprint density at radius 2 is 2.06 bits per heavy atom. The number of hydrogen-bond acceptors (Lipinski definition) is 4. The Kier molecular flexibility index (Phi) is 4.85. The van der Waals surface area contributed by atoms with Crippen LogP contribution in [-0.4, -0.2) is 20.2 Å². The summed E-state index contributed by atoms with van der Waals surface area (Å²) in [6.45, 7) is 5.25. The fourth-order valence-corrected chi connectivity index (χ4v) is 3.89. The molecule has 0 bridgehead atoms. The second kappa shape index (κ2) is 5.75. The molecular formula is C11H17NO3S2. The molecule has 1 heterocycles. The lowest BCUT2D eigenvalue weighted by Gasteiger charge is -2.10. The number of Topliss-reactive ketones (excluding diaryl/α,β-unsaturated/α-hetero) is 1. The highest BCUT2D eigenvalue weighted by Gasteiger charge is 2.22. The van der Waals surface area contributed by atoms with E-state index in [1.807, 2.05) is 6.92 Å². The van der Waals surface area contributed by atoms with Crippen LogP contribution in [0.2, 0.25) is 0 Å². The molecule has 0 fully saturated rings. The second-order valence-corrected chi connectivity index (χ2v) is 6.85. The number of rotatable bonds is 6. The van der Waals surface area contributed by atoms with Crippen molar-refractivity contribution in [3.63, 3.8) is 0 Å². The van der Waals surface area contributed by atoms with Crippen molar-refractivity contribution in [2.75, 3.05) is 0 Å². The van der Waals surface area contributed by atoms with Crippen molar-refractivity contribution >= 4 is 27.1 Å². The van der Waals surface area contributed by atoms with E-state index in [1.165, 1.54) is 11.3 Å². The van der Waals surface area contributed by atoms with E-state index >= 15 is 0 Å². The number of aryl methyl sites for hydroxylation is 1. The highest BCUT2D eigenvalue weighted by Crippen LogP contribution is 2.22. The first-order valence-corrected chi connectivity index (χ1v) is 7.84. The molecule has 1 aromatic rings. The summed E-state index contributed by atoms with van der Waals surface area (Å²) in [5.41, 5.74) is 0. The third-order valence-corrected chi connectivity index (χ3v) is 5.68. The summed E-state index contributed by atoms with van der Waals surface area (Å²) in [5.74, 6) is -0.110. The van der Waals surface area contributed by atoms with Crippen molar-refractivity contribution in [2.45, 2.75) is 43.9 Å². The van der Waals surface area contributed by atoms with Gasteiger partial charge in [-0.2, -0.15) is 0 Å². The molecule has 0 radical (unpaired) electrons. The fraction of sp³-hybridized carbons (Fsp3) is 0.545. The van der Waals surface area contributed by atoms with E-state index < -0.39 is 16.1 Å². The SMILES string of the molecule is CCC(=O)C(C)NS(=O)(=O)c1ccc(CC)s1. The molecule has 96 valence electrons. The lowest BCUT2D eigenvalue weighted by molar-refractivity contribution is -0.119. The summed E-state index contributed by atoms with van der Waals surface area (Å²) in [4.78, 5) is 12.4. The van der Waals surface area contributed by atoms with Gasteiger partial charge in [0.25, 0.3) is 10.0 Å². The van der Waals surface area contributed by atoms with Crippen LogP contribution >= 0.6 is 11.3 Å². The first-order valence-electron chi connectivity index (χ1n) is 5.54. The van der Waals surface area contributed by atoms with Gasteiger partial charge in [-0.3, -0.25) is 4.79 Å². The quantitative estimate of drug-likeness (QED) is 0.863. The number of sulfonamides is 1. The number of carbonyl (C=O) groups is 1. The minimum absolute atomic E-state index is 0.110. The Morgan fingerprint density at radius 3 is 2.53 bits per heavy atom. The van der Waals surface area contributed by atoms with Crippen LogP contribution in [0.25, 0.3) is 0 Å². The minimum Gasteiger partial charge on any atom is -0.298 e. The molecule has 1 rings (SSSR count). The molecule has 0 aromatic carbocycles. The molecule has 1 N–H and O–H groups in total. The van der Waals surface area contributed by atoms with Crippen LogP contribution in [0.5, 0.6) is 0 Å². The monoisotopic (exact) mass is 275 g/mol. The van der Waals surface area contributed by atoms with Gasteiger partial charge in [-0.15, -0.1) is 11.3 Å². The molecule has 0 saturated heterocycles. The smallest absolute Gasteiger partial charge is 0.250 e. The maximum atomic E-state index is 11.9. The first kappa shape index (κ1) is 14.3. The zero-order valence-electron chi connectivity index (χ0n) is 10.2. The van der Waals surface area contributed by atoms with Crippen molar-refractivity contribution < 1.29 is 13.2 Å². The van der Waals surface area contributed by atoms with Crippen molar-refractivity contribution in [3.8, 4) is 0 Å². The molecule has 1 unspecified atom stereocenters. The lowest BCUT2D eigenvalue weighted by atomic mass is 10.2. The van der Waals surface area contributed by atoms with Crippen molar-refractivity contribution in [2.24, 2.45) is 0 Å². The van der Waals surface area contributed by atoms with Gasteiger partial charge >= 0.3 is 0 Å². The Bertz CT molecular complexity index is 491. The number of thiophene rings is 1. The Balaban J connectivity index is 2.85. The molecule has 0 spiro atoms. The molecule has 6 heteroatoms. The van der Waals surface area contributed by atoms with E-state index in [-0.39, 0.29) is 9.99 Å². The summed E-state index contributed by atoms with van der Waals surface area (Å²) < 4.78 is 26.5. The summed E-state index contributed by atoms with van der Waals surface area (Å²) in [7, 11) is -3.56. The topological polar surface area (TPSA) is 63.2 Å². The van der Waals surface area contributed by atoms with Crippen LogP contribution in [0.15, 0.2) is 16.3 Å². The minimum atomic E-state index is -3.56. The molecule has 0 saturated carbocycles. The second-order valence-electron chi connectivity index (χ2n) is 3.74. The molecule has 0 aliphatic carbocycles. The third kappa shape index (κ3) is 3.62. The van der Waals surface area contributed by atoms with Crippen LogP contribution in [-0.2, 0) is 21.2 Å². The molecular weight excluding hydrogens is 258 g/mol. The van der Waals surface area contributed by atoms with E-state index in [2.05, 4.69) is 4.72 Å². The summed E-state index contributed by atoms with van der Waals surface area (Å²) in [6, 6.07) is 2.71. The van der Waals surface area contributed by atoms with Crippen LogP contribution in [0.4, 0.5) is 0 Å². The number of nitrogens with one attached hydrogen (secondary N) is 1. The standard InChI is InChI=1S/C11H17NO3S2/c1-4-9-6-7-11(16-9)17(14,15)12-8(3)10(13)5-2/h6-8,12H,4-5H2,1-3H3. The Labute approximate surface area is 106 Å². The van der Waals surface area contributed by atoms with E-state index in [0.717, 1.165) is 11.3 Å². The number of carbonyl (C=O) groups excluding carboxylic acids is 1. The van der Waals surface area contributed by atoms with Crippen LogP contribution < -0.4 is 4.72 Å². The van der Waals surface area contributed by atoms with Gasteiger partial charge in [0.1, 0.15) is 9.99 Å². The number of ketones is 1. The first-order chi connectivity index (χ1) is 7.90. The predicted molar refractivity (Wildman–Crippen MR) is 68.8 cm³/mol. The Morgan fingerprint density at radius 1 is 1.41 bits per heavy atom. The molecule has 4 nitrogen and oxygen atoms in total. The number of hydrogen-bond donors (Lipinski definition) is 1. The molecule has 0 aliphatic rings. The average molecular weight is 275 g/mol. The normalized spacial score (nSPS) is 13.6. The maximum absolute atomic E-state index is 11.9. The van der Waals surface area contributed by atoms with E-state index in [9.17, 15) is 13.2 Å². The highest BCUT2D eigenvalue weighted by atomic mass is 32.2. The van der Waals surface area contributed by atoms with Gasteiger partial charge in [0, 0.05) is 11.3 Å². The summed E-state index contributed by atoms with van der Waals surface area (Å²) >= 11 is 1.24. The maximum Gasteiger partial charge on any atom is 0.250 e. The summed E-state index contributed by atoms with van der Waals surface area (Å²) in [5, 5.41) is 0. The largest absolute Gasteiger partial charge is 0.298 e. The third-order valence-electron chi connectivity index (χ3n) is 2.41. The molecule has 1 aromatic heterocycles. The lowest BCUT2D eigenvalue weighted by Crippen LogP contribution is -2.37. The predicted octanol–water partition coefficient (Wildman–Crippen LogP) is 1.96.